The summed E-state index contributed by atoms with van der Waals surface area (Å²) < 4.78 is 0. The van der Waals surface area contributed by atoms with E-state index >= 15 is 0 Å². The smallest absolute Gasteiger partial charge is 0.188 e. The molecule has 1 aliphatic rings. The fraction of sp³-hybridized carbons (Fsp3) is 0.889. The molecule has 2 rings (SSSR count). The van der Waals surface area contributed by atoms with Gasteiger partial charge in [-0.05, 0) is 30.5 Å². The van der Waals surface area contributed by atoms with E-state index in [4.69, 9.17) is 0 Å². The van der Waals surface area contributed by atoms with Gasteiger partial charge in [-0.1, -0.05) is 15.9 Å². The molecule has 15 heavy (non-hydrogen) atoms. The van der Waals surface area contributed by atoms with Crippen LogP contribution in [-0.2, 0) is 13.6 Å². The monoisotopic (exact) mass is 273 g/mol. The van der Waals surface area contributed by atoms with E-state index in [-0.39, 0.29) is 0 Å². The summed E-state index contributed by atoms with van der Waals surface area (Å²) in [7, 11) is 1.80. The Kier molecular flexibility index (Phi) is 3.69. The average Bonchev–Trinajstić information content (AvgIpc) is 2.64. The molecule has 1 atom stereocenters. The third kappa shape index (κ3) is 2.98. The van der Waals surface area contributed by atoms with Crippen LogP contribution in [0.5, 0.6) is 0 Å². The van der Waals surface area contributed by atoms with Crippen molar-refractivity contribution in [3.05, 3.63) is 5.82 Å². The number of aryl methyl sites for hydroxylation is 1. The standard InChI is InChI=1S/C9H16BrN5/c1-14-12-9(11-13-14)7-15-4-2-3-8(5-10)6-15/h8H,2-7H2,1H3. The van der Waals surface area contributed by atoms with Crippen molar-refractivity contribution < 1.29 is 0 Å². The quantitative estimate of drug-likeness (QED) is 0.765. The number of rotatable bonds is 3. The minimum Gasteiger partial charge on any atom is -0.296 e. The molecule has 6 heteroatoms. The second-order valence-corrected chi connectivity index (χ2v) is 4.74. The summed E-state index contributed by atoms with van der Waals surface area (Å²) in [4.78, 5) is 3.92. The zero-order chi connectivity index (χ0) is 10.7. The molecule has 0 N–H and O–H groups in total. The van der Waals surface area contributed by atoms with Crippen LogP contribution >= 0.6 is 15.9 Å². The van der Waals surface area contributed by atoms with Crippen LogP contribution in [0.4, 0.5) is 0 Å². The largest absolute Gasteiger partial charge is 0.296 e. The second-order valence-electron chi connectivity index (χ2n) is 4.09. The highest BCUT2D eigenvalue weighted by Gasteiger charge is 2.20. The summed E-state index contributed by atoms with van der Waals surface area (Å²) in [6.45, 7) is 3.13. The van der Waals surface area contributed by atoms with Gasteiger partial charge in [-0.2, -0.15) is 4.80 Å². The van der Waals surface area contributed by atoms with E-state index in [1.165, 1.54) is 17.6 Å². The van der Waals surface area contributed by atoms with Crippen molar-refractivity contribution in [2.75, 3.05) is 18.4 Å². The maximum absolute atomic E-state index is 4.20. The van der Waals surface area contributed by atoms with Gasteiger partial charge < -0.3 is 0 Å². The molecule has 0 aliphatic carbocycles. The van der Waals surface area contributed by atoms with Crippen molar-refractivity contribution in [2.24, 2.45) is 13.0 Å². The molecule has 84 valence electrons. The molecule has 1 fully saturated rings. The van der Waals surface area contributed by atoms with Crippen molar-refractivity contribution in [3.63, 3.8) is 0 Å². The summed E-state index contributed by atoms with van der Waals surface area (Å²) in [5.41, 5.74) is 0. The molecule has 0 aromatic carbocycles. The van der Waals surface area contributed by atoms with Gasteiger partial charge >= 0.3 is 0 Å². The molecule has 0 saturated carbocycles. The zero-order valence-corrected chi connectivity index (χ0v) is 10.5. The van der Waals surface area contributed by atoms with Crippen LogP contribution in [0.25, 0.3) is 0 Å². The van der Waals surface area contributed by atoms with Gasteiger partial charge in [-0.3, -0.25) is 4.90 Å². The lowest BCUT2D eigenvalue weighted by Gasteiger charge is -2.30. The lowest BCUT2D eigenvalue weighted by Crippen LogP contribution is -2.35. The van der Waals surface area contributed by atoms with Crippen LogP contribution in [0, 0.1) is 5.92 Å². The van der Waals surface area contributed by atoms with E-state index in [0.717, 1.165) is 36.7 Å². The molecule has 2 heterocycles. The lowest BCUT2D eigenvalue weighted by atomic mass is 10.0. The summed E-state index contributed by atoms with van der Waals surface area (Å²) in [5.74, 6) is 1.60. The van der Waals surface area contributed by atoms with E-state index in [1.807, 2.05) is 0 Å². The lowest BCUT2D eigenvalue weighted by molar-refractivity contribution is 0.175. The predicted molar refractivity (Wildman–Crippen MR) is 60.6 cm³/mol. The Morgan fingerprint density at radius 2 is 2.40 bits per heavy atom. The number of hydrogen-bond acceptors (Lipinski definition) is 4. The van der Waals surface area contributed by atoms with E-state index in [0.29, 0.717) is 0 Å². The Hall–Kier alpha value is -0.490. The normalized spacial score (nSPS) is 23.2. The van der Waals surface area contributed by atoms with E-state index < -0.39 is 0 Å². The van der Waals surface area contributed by atoms with Gasteiger partial charge in [0.25, 0.3) is 0 Å². The van der Waals surface area contributed by atoms with Crippen molar-refractivity contribution in [2.45, 2.75) is 19.4 Å². The van der Waals surface area contributed by atoms with Gasteiger partial charge in [0.1, 0.15) is 0 Å². The van der Waals surface area contributed by atoms with Gasteiger partial charge in [0.05, 0.1) is 13.6 Å². The van der Waals surface area contributed by atoms with Crippen LogP contribution in [0.2, 0.25) is 0 Å². The number of nitrogens with zero attached hydrogens (tertiary/aromatic N) is 5. The Balaban J connectivity index is 1.88. The van der Waals surface area contributed by atoms with E-state index in [9.17, 15) is 0 Å². The highest BCUT2D eigenvalue weighted by atomic mass is 79.9. The third-order valence-electron chi connectivity index (χ3n) is 2.74. The molecular weight excluding hydrogens is 258 g/mol. The van der Waals surface area contributed by atoms with E-state index in [2.05, 4.69) is 36.2 Å². The maximum Gasteiger partial charge on any atom is 0.188 e. The minimum absolute atomic E-state index is 0.774. The Labute approximate surface area is 98.0 Å². The van der Waals surface area contributed by atoms with Crippen molar-refractivity contribution in [1.82, 2.24) is 25.1 Å². The molecule has 0 amide bonds. The van der Waals surface area contributed by atoms with E-state index in [1.54, 1.807) is 7.05 Å². The number of likely N-dealkylation sites (tertiary alicyclic amines) is 1. The average molecular weight is 274 g/mol. The topological polar surface area (TPSA) is 46.8 Å². The van der Waals surface area contributed by atoms with Crippen LogP contribution < -0.4 is 0 Å². The van der Waals surface area contributed by atoms with Crippen LogP contribution in [0.15, 0.2) is 0 Å². The molecule has 1 unspecified atom stereocenters. The zero-order valence-electron chi connectivity index (χ0n) is 8.93. The fourth-order valence-corrected chi connectivity index (χ4v) is 2.54. The Morgan fingerprint density at radius 3 is 3.07 bits per heavy atom. The molecule has 0 spiro atoms. The molecule has 0 bridgehead atoms. The van der Waals surface area contributed by atoms with Gasteiger partial charge in [0, 0.05) is 11.9 Å². The SMILES string of the molecule is Cn1nnc(CN2CCCC(CBr)C2)n1. The molecule has 0 radical (unpaired) electrons. The van der Waals surface area contributed by atoms with Crippen LogP contribution in [0.3, 0.4) is 0 Å². The molecule has 5 nitrogen and oxygen atoms in total. The maximum atomic E-state index is 4.20. The number of alkyl halides is 1. The molecule has 1 saturated heterocycles. The minimum atomic E-state index is 0.774. The van der Waals surface area contributed by atoms with Crippen molar-refractivity contribution in [1.29, 1.82) is 0 Å². The Bertz CT molecular complexity index is 313. The molecular formula is C9H16BrN5. The summed E-state index contributed by atoms with van der Waals surface area (Å²) in [6.07, 6.45) is 2.60. The van der Waals surface area contributed by atoms with Crippen molar-refractivity contribution >= 4 is 15.9 Å². The predicted octanol–water partition coefficient (Wildman–Crippen LogP) is 0.817. The van der Waals surface area contributed by atoms with Gasteiger partial charge in [0.15, 0.2) is 5.82 Å². The first-order valence-corrected chi connectivity index (χ1v) is 6.41. The first kappa shape index (κ1) is 11.0. The fourth-order valence-electron chi connectivity index (χ4n) is 2.01. The van der Waals surface area contributed by atoms with Crippen LogP contribution in [-0.4, -0.2) is 43.5 Å². The summed E-state index contributed by atoms with van der Waals surface area (Å²) >= 11 is 3.55. The number of halogens is 1. The van der Waals surface area contributed by atoms with Crippen LogP contribution in [0.1, 0.15) is 18.7 Å². The first-order chi connectivity index (χ1) is 7.28. The number of piperidine rings is 1. The first-order valence-electron chi connectivity index (χ1n) is 5.29. The van der Waals surface area contributed by atoms with Gasteiger partial charge in [-0.25, -0.2) is 0 Å². The van der Waals surface area contributed by atoms with Crippen molar-refractivity contribution in [3.8, 4) is 0 Å². The number of aromatic nitrogens is 4. The second kappa shape index (κ2) is 5.03. The molecule has 1 aromatic heterocycles. The third-order valence-corrected chi connectivity index (χ3v) is 3.65. The van der Waals surface area contributed by atoms with Gasteiger partial charge in [-0.15, -0.1) is 10.2 Å². The number of tetrazole rings is 1. The number of hydrogen-bond donors (Lipinski definition) is 0. The highest BCUT2D eigenvalue weighted by Crippen LogP contribution is 2.18. The highest BCUT2D eigenvalue weighted by molar-refractivity contribution is 9.09. The molecule has 1 aromatic rings. The summed E-state index contributed by atoms with van der Waals surface area (Å²) in [5, 5.41) is 13.1. The Morgan fingerprint density at radius 1 is 1.53 bits per heavy atom. The van der Waals surface area contributed by atoms with Gasteiger partial charge in [0.2, 0.25) is 0 Å². The summed E-state index contributed by atoms with van der Waals surface area (Å²) in [6, 6.07) is 0. The molecule has 1 aliphatic heterocycles.